The lowest BCUT2D eigenvalue weighted by Crippen LogP contribution is -2.26. The van der Waals surface area contributed by atoms with E-state index in [0.717, 1.165) is 23.9 Å². The van der Waals surface area contributed by atoms with Crippen LogP contribution in [0.1, 0.15) is 6.92 Å². The highest BCUT2D eigenvalue weighted by atomic mass is 32.2. The number of methoxy groups -OCH3 is 1. The predicted molar refractivity (Wildman–Crippen MR) is 107 cm³/mol. The highest BCUT2D eigenvalue weighted by Crippen LogP contribution is 2.28. The molecule has 0 aromatic heterocycles. The monoisotopic (exact) mass is 461 g/mol. The van der Waals surface area contributed by atoms with Crippen molar-refractivity contribution in [3.05, 3.63) is 48.0 Å². The van der Waals surface area contributed by atoms with Crippen molar-refractivity contribution in [3.8, 4) is 11.5 Å². The first kappa shape index (κ1) is 23.9. The number of ether oxygens (including phenoxy) is 3. The third-order valence-corrected chi connectivity index (χ3v) is 6.10. The zero-order valence-electron chi connectivity index (χ0n) is 16.3. The van der Waals surface area contributed by atoms with E-state index in [-0.39, 0.29) is 28.7 Å². The Kier molecular flexibility index (Phi) is 8.88. The summed E-state index contributed by atoms with van der Waals surface area (Å²) in [5, 5.41) is 0. The number of rotatable bonds is 11. The molecule has 0 saturated carbocycles. The summed E-state index contributed by atoms with van der Waals surface area (Å²) in [5.41, 5.74) is 0. The average Bonchev–Trinajstić information content (AvgIpc) is 2.71. The molecule has 0 heterocycles. The van der Waals surface area contributed by atoms with Crippen molar-refractivity contribution < 1.29 is 36.2 Å². The minimum Gasteiger partial charge on any atom is -0.497 e. The van der Waals surface area contributed by atoms with E-state index in [0.29, 0.717) is 5.75 Å². The molecule has 0 bridgehead atoms. The van der Waals surface area contributed by atoms with Crippen molar-refractivity contribution in [2.24, 2.45) is 0 Å². The molecule has 30 heavy (non-hydrogen) atoms. The van der Waals surface area contributed by atoms with E-state index in [9.17, 15) is 22.0 Å². The van der Waals surface area contributed by atoms with Gasteiger partial charge in [-0.3, -0.25) is 0 Å². The molecule has 7 nitrogen and oxygen atoms in total. The average molecular weight is 462 g/mol. The standard InChI is InChI=1S/C19H21F2NO6S2/c1-3-27-18(23)12-28-19-16(20)10-14(11-17(19)21)29-9-8-22-30(24,25)15-6-4-13(26-2)5-7-15/h4-7,10-11,22H,3,8-9,12H2,1-2H3. The SMILES string of the molecule is CCOC(=O)COc1c(F)cc(SCCNS(=O)(=O)c2ccc(OC)cc2)cc1F. The van der Waals surface area contributed by atoms with Gasteiger partial charge in [-0.2, -0.15) is 0 Å². The van der Waals surface area contributed by atoms with Crippen LogP contribution in [0.2, 0.25) is 0 Å². The second-order valence-corrected chi connectivity index (χ2v) is 8.67. The van der Waals surface area contributed by atoms with Gasteiger partial charge in [0.25, 0.3) is 0 Å². The maximum atomic E-state index is 14.1. The summed E-state index contributed by atoms with van der Waals surface area (Å²) < 4.78 is 69.5. The molecule has 2 rings (SSSR count). The molecule has 1 N–H and O–H groups in total. The highest BCUT2D eigenvalue weighted by molar-refractivity contribution is 7.99. The number of benzene rings is 2. The van der Waals surface area contributed by atoms with E-state index in [1.54, 1.807) is 6.92 Å². The number of sulfonamides is 1. The molecule has 0 aliphatic rings. The number of carbonyl (C=O) groups excluding carboxylic acids is 1. The Labute approximate surface area is 177 Å². The quantitative estimate of drug-likeness (QED) is 0.313. The maximum absolute atomic E-state index is 14.1. The van der Waals surface area contributed by atoms with Gasteiger partial charge in [-0.1, -0.05) is 0 Å². The van der Waals surface area contributed by atoms with Crippen LogP contribution in [0.3, 0.4) is 0 Å². The van der Waals surface area contributed by atoms with Crippen LogP contribution in [0.25, 0.3) is 0 Å². The Balaban J connectivity index is 1.89. The van der Waals surface area contributed by atoms with Gasteiger partial charge in [-0.25, -0.2) is 26.7 Å². The van der Waals surface area contributed by atoms with Crippen LogP contribution >= 0.6 is 11.8 Å². The Bertz CT molecular complexity index is 944. The lowest BCUT2D eigenvalue weighted by atomic mass is 10.3. The third kappa shape index (κ3) is 6.85. The molecule has 0 aliphatic heterocycles. The van der Waals surface area contributed by atoms with Crippen LogP contribution in [-0.4, -0.2) is 47.0 Å². The summed E-state index contributed by atoms with van der Waals surface area (Å²) in [6.45, 7) is 1.16. The smallest absolute Gasteiger partial charge is 0.344 e. The molecule has 0 saturated heterocycles. The van der Waals surface area contributed by atoms with Crippen LogP contribution in [-0.2, 0) is 19.6 Å². The van der Waals surface area contributed by atoms with E-state index < -0.39 is 40.0 Å². The number of thioether (sulfide) groups is 1. The van der Waals surface area contributed by atoms with Gasteiger partial charge in [0, 0.05) is 17.2 Å². The minimum absolute atomic E-state index is 0.0450. The van der Waals surface area contributed by atoms with Crippen molar-refractivity contribution in [1.29, 1.82) is 0 Å². The van der Waals surface area contributed by atoms with Gasteiger partial charge >= 0.3 is 5.97 Å². The minimum atomic E-state index is -3.71. The summed E-state index contributed by atoms with van der Waals surface area (Å²) in [7, 11) is -2.24. The zero-order valence-corrected chi connectivity index (χ0v) is 17.9. The maximum Gasteiger partial charge on any atom is 0.344 e. The zero-order chi connectivity index (χ0) is 22.1. The number of hydrogen-bond acceptors (Lipinski definition) is 7. The summed E-state index contributed by atoms with van der Waals surface area (Å²) in [6, 6.07) is 7.97. The molecule has 0 atom stereocenters. The van der Waals surface area contributed by atoms with Crippen LogP contribution in [0.4, 0.5) is 8.78 Å². The molecule has 2 aromatic carbocycles. The molecule has 164 valence electrons. The van der Waals surface area contributed by atoms with Gasteiger partial charge < -0.3 is 14.2 Å². The molecule has 0 spiro atoms. The first-order chi connectivity index (χ1) is 14.3. The van der Waals surface area contributed by atoms with Crippen LogP contribution < -0.4 is 14.2 Å². The second kappa shape index (κ2) is 11.1. The van der Waals surface area contributed by atoms with E-state index in [4.69, 9.17) is 9.47 Å². The Morgan fingerprint density at radius 3 is 2.33 bits per heavy atom. The predicted octanol–water partition coefficient (Wildman–Crippen LogP) is 2.99. The summed E-state index contributed by atoms with van der Waals surface area (Å²) in [4.78, 5) is 11.6. The largest absolute Gasteiger partial charge is 0.497 e. The molecular weight excluding hydrogens is 440 g/mol. The molecule has 0 aliphatic carbocycles. The van der Waals surface area contributed by atoms with E-state index in [1.807, 2.05) is 0 Å². The van der Waals surface area contributed by atoms with Gasteiger partial charge in [0.15, 0.2) is 24.0 Å². The number of esters is 1. The van der Waals surface area contributed by atoms with Crippen LogP contribution in [0, 0.1) is 11.6 Å². The topological polar surface area (TPSA) is 90.9 Å². The first-order valence-electron chi connectivity index (χ1n) is 8.80. The molecule has 0 fully saturated rings. The van der Waals surface area contributed by atoms with Gasteiger partial charge in [-0.05, 0) is 43.3 Å². The van der Waals surface area contributed by atoms with Crippen LogP contribution in [0.15, 0.2) is 46.2 Å². The van der Waals surface area contributed by atoms with Crippen molar-refractivity contribution in [2.45, 2.75) is 16.7 Å². The molecule has 11 heteroatoms. The van der Waals surface area contributed by atoms with Gasteiger partial charge in [-0.15, -0.1) is 11.8 Å². The Morgan fingerprint density at radius 2 is 1.77 bits per heavy atom. The lowest BCUT2D eigenvalue weighted by molar-refractivity contribution is -0.145. The molecule has 2 aromatic rings. The van der Waals surface area contributed by atoms with E-state index >= 15 is 0 Å². The normalized spacial score (nSPS) is 11.2. The Morgan fingerprint density at radius 1 is 1.13 bits per heavy atom. The molecule has 0 amide bonds. The number of nitrogens with one attached hydrogen (secondary N) is 1. The van der Waals surface area contributed by atoms with Crippen molar-refractivity contribution in [3.63, 3.8) is 0 Å². The molecule has 0 radical (unpaired) electrons. The fourth-order valence-corrected chi connectivity index (χ4v) is 4.25. The van der Waals surface area contributed by atoms with Crippen molar-refractivity contribution in [1.82, 2.24) is 4.72 Å². The molecule has 0 unspecified atom stereocenters. The first-order valence-corrected chi connectivity index (χ1v) is 11.3. The summed E-state index contributed by atoms with van der Waals surface area (Å²) in [5.74, 6) is -2.59. The van der Waals surface area contributed by atoms with Crippen molar-refractivity contribution >= 4 is 27.8 Å². The van der Waals surface area contributed by atoms with Crippen LogP contribution in [0.5, 0.6) is 11.5 Å². The third-order valence-electron chi connectivity index (χ3n) is 3.64. The number of carbonyl (C=O) groups is 1. The lowest BCUT2D eigenvalue weighted by Gasteiger charge is -2.10. The summed E-state index contributed by atoms with van der Waals surface area (Å²) >= 11 is 1.06. The highest BCUT2D eigenvalue weighted by Gasteiger charge is 2.16. The fraction of sp³-hybridized carbons (Fsp3) is 0.316. The fourth-order valence-electron chi connectivity index (χ4n) is 2.27. The van der Waals surface area contributed by atoms with Gasteiger partial charge in [0.05, 0.1) is 18.6 Å². The number of halogens is 2. The second-order valence-electron chi connectivity index (χ2n) is 5.73. The summed E-state index contributed by atoms with van der Waals surface area (Å²) in [6.07, 6.45) is 0. The van der Waals surface area contributed by atoms with Gasteiger partial charge in [0.1, 0.15) is 5.75 Å². The van der Waals surface area contributed by atoms with Crippen molar-refractivity contribution in [2.75, 3.05) is 32.6 Å². The van der Waals surface area contributed by atoms with Gasteiger partial charge in [0.2, 0.25) is 10.0 Å². The number of hydrogen-bond donors (Lipinski definition) is 1. The van der Waals surface area contributed by atoms with E-state index in [2.05, 4.69) is 9.46 Å². The Hall–Kier alpha value is -2.37. The van der Waals surface area contributed by atoms with E-state index in [1.165, 1.54) is 31.4 Å². The molecular formula is C19H21F2NO6S2.